The van der Waals surface area contributed by atoms with Gasteiger partial charge in [0.15, 0.2) is 0 Å². The van der Waals surface area contributed by atoms with Crippen molar-refractivity contribution in [3.05, 3.63) is 29.8 Å². The number of hydrogen-bond acceptors (Lipinski definition) is 3. The summed E-state index contributed by atoms with van der Waals surface area (Å²) < 4.78 is 0. The van der Waals surface area contributed by atoms with Crippen molar-refractivity contribution in [2.45, 2.75) is 38.3 Å². The summed E-state index contributed by atoms with van der Waals surface area (Å²) in [7, 11) is 0. The number of carbonyl (C=O) groups is 1. The topological polar surface area (TPSA) is 61.4 Å². The molecule has 4 heteroatoms. The maximum Gasteiger partial charge on any atom is 0.237 e. The normalized spacial score (nSPS) is 20.6. The molecule has 1 aromatic rings. The molecule has 0 aliphatic carbocycles. The summed E-state index contributed by atoms with van der Waals surface area (Å²) in [5.41, 5.74) is 1.11. The predicted octanol–water partition coefficient (Wildman–Crippen LogP) is 1.19. The van der Waals surface area contributed by atoms with Crippen molar-refractivity contribution in [3.63, 3.8) is 0 Å². The van der Waals surface area contributed by atoms with Crippen molar-refractivity contribution in [1.29, 1.82) is 0 Å². The van der Waals surface area contributed by atoms with Gasteiger partial charge in [-0.15, -0.1) is 0 Å². The van der Waals surface area contributed by atoms with E-state index >= 15 is 0 Å². The summed E-state index contributed by atoms with van der Waals surface area (Å²) in [6, 6.07) is 7.18. The Morgan fingerprint density at radius 3 is 2.83 bits per heavy atom. The van der Waals surface area contributed by atoms with Crippen LogP contribution < -0.4 is 10.6 Å². The van der Waals surface area contributed by atoms with E-state index in [1.54, 1.807) is 12.1 Å². The van der Waals surface area contributed by atoms with Gasteiger partial charge in [-0.25, -0.2) is 0 Å². The Morgan fingerprint density at radius 1 is 1.50 bits per heavy atom. The highest BCUT2D eigenvalue weighted by atomic mass is 16.3. The highest BCUT2D eigenvalue weighted by Gasteiger charge is 2.22. The van der Waals surface area contributed by atoms with Crippen molar-refractivity contribution in [3.8, 4) is 5.75 Å². The smallest absolute Gasteiger partial charge is 0.237 e. The van der Waals surface area contributed by atoms with E-state index in [4.69, 9.17) is 0 Å². The SMILES string of the molecule is CC(Cc1ccc(O)cc1)NC(=O)C1CCCN1. The summed E-state index contributed by atoms with van der Waals surface area (Å²) in [6.07, 6.45) is 2.78. The summed E-state index contributed by atoms with van der Waals surface area (Å²) in [5, 5.41) is 15.4. The number of phenolic OH excluding ortho intramolecular Hbond substituents is 1. The minimum Gasteiger partial charge on any atom is -0.508 e. The van der Waals surface area contributed by atoms with Crippen LogP contribution in [0.4, 0.5) is 0 Å². The average Bonchev–Trinajstić information content (AvgIpc) is 2.85. The van der Waals surface area contributed by atoms with E-state index in [9.17, 15) is 9.90 Å². The number of aromatic hydroxyl groups is 1. The Balaban J connectivity index is 1.82. The third-order valence-corrected chi connectivity index (χ3v) is 3.24. The first-order chi connectivity index (χ1) is 8.65. The van der Waals surface area contributed by atoms with Crippen molar-refractivity contribution in [2.24, 2.45) is 0 Å². The molecule has 0 radical (unpaired) electrons. The molecule has 2 unspecified atom stereocenters. The standard InChI is InChI=1S/C14H20N2O2/c1-10(9-11-4-6-12(17)7-5-11)16-14(18)13-3-2-8-15-13/h4-7,10,13,15,17H,2-3,8-9H2,1H3,(H,16,18). The van der Waals surface area contributed by atoms with Gasteiger partial charge >= 0.3 is 0 Å². The van der Waals surface area contributed by atoms with Gasteiger partial charge in [0, 0.05) is 6.04 Å². The molecular formula is C14H20N2O2. The van der Waals surface area contributed by atoms with Crippen LogP contribution in [0.5, 0.6) is 5.75 Å². The Labute approximate surface area is 107 Å². The van der Waals surface area contributed by atoms with Crippen LogP contribution in [-0.2, 0) is 11.2 Å². The molecule has 3 N–H and O–H groups in total. The van der Waals surface area contributed by atoms with E-state index in [1.165, 1.54) is 0 Å². The summed E-state index contributed by atoms with van der Waals surface area (Å²) in [4.78, 5) is 11.9. The second-order valence-electron chi connectivity index (χ2n) is 4.93. The lowest BCUT2D eigenvalue weighted by atomic mass is 10.1. The Morgan fingerprint density at radius 2 is 2.22 bits per heavy atom. The van der Waals surface area contributed by atoms with Gasteiger partial charge in [0.05, 0.1) is 6.04 Å². The number of phenols is 1. The van der Waals surface area contributed by atoms with E-state index in [2.05, 4.69) is 10.6 Å². The van der Waals surface area contributed by atoms with Gasteiger partial charge in [-0.1, -0.05) is 12.1 Å². The number of carbonyl (C=O) groups excluding carboxylic acids is 1. The van der Waals surface area contributed by atoms with E-state index in [0.717, 1.165) is 31.4 Å². The van der Waals surface area contributed by atoms with Gasteiger partial charge in [0.2, 0.25) is 5.91 Å². The van der Waals surface area contributed by atoms with E-state index in [-0.39, 0.29) is 23.7 Å². The molecular weight excluding hydrogens is 228 g/mol. The van der Waals surface area contributed by atoms with Crippen LogP contribution in [0.3, 0.4) is 0 Å². The van der Waals surface area contributed by atoms with Crippen LogP contribution in [0.2, 0.25) is 0 Å². The number of hydrogen-bond donors (Lipinski definition) is 3. The predicted molar refractivity (Wildman–Crippen MR) is 70.4 cm³/mol. The zero-order valence-corrected chi connectivity index (χ0v) is 10.6. The fourth-order valence-corrected chi connectivity index (χ4v) is 2.29. The van der Waals surface area contributed by atoms with E-state index in [1.807, 2.05) is 19.1 Å². The van der Waals surface area contributed by atoms with Gasteiger partial charge in [-0.05, 0) is 50.4 Å². The lowest BCUT2D eigenvalue weighted by Crippen LogP contribution is -2.44. The molecule has 0 bridgehead atoms. The van der Waals surface area contributed by atoms with Crippen LogP contribution in [0.1, 0.15) is 25.3 Å². The molecule has 0 aromatic heterocycles. The van der Waals surface area contributed by atoms with Gasteiger partial charge in [-0.3, -0.25) is 4.79 Å². The van der Waals surface area contributed by atoms with Crippen molar-refractivity contribution < 1.29 is 9.90 Å². The third kappa shape index (κ3) is 3.47. The number of amides is 1. The molecule has 1 aliphatic heterocycles. The largest absolute Gasteiger partial charge is 0.508 e. The van der Waals surface area contributed by atoms with E-state index in [0.29, 0.717) is 0 Å². The highest BCUT2D eigenvalue weighted by Crippen LogP contribution is 2.11. The Bertz CT molecular complexity index is 397. The molecule has 98 valence electrons. The Hall–Kier alpha value is -1.55. The van der Waals surface area contributed by atoms with Crippen LogP contribution in [0, 0.1) is 0 Å². The van der Waals surface area contributed by atoms with Gasteiger partial charge in [0.1, 0.15) is 5.75 Å². The van der Waals surface area contributed by atoms with Crippen LogP contribution >= 0.6 is 0 Å². The molecule has 1 heterocycles. The van der Waals surface area contributed by atoms with Crippen LogP contribution in [0.25, 0.3) is 0 Å². The summed E-state index contributed by atoms with van der Waals surface area (Å²) in [6.45, 7) is 2.93. The zero-order chi connectivity index (χ0) is 13.0. The van der Waals surface area contributed by atoms with Crippen molar-refractivity contribution in [2.75, 3.05) is 6.54 Å². The summed E-state index contributed by atoms with van der Waals surface area (Å²) >= 11 is 0. The lowest BCUT2D eigenvalue weighted by Gasteiger charge is -2.17. The van der Waals surface area contributed by atoms with Crippen molar-refractivity contribution >= 4 is 5.91 Å². The zero-order valence-electron chi connectivity index (χ0n) is 10.6. The molecule has 0 saturated carbocycles. The number of benzene rings is 1. The molecule has 2 atom stereocenters. The first kappa shape index (κ1) is 12.9. The first-order valence-corrected chi connectivity index (χ1v) is 6.47. The minimum absolute atomic E-state index is 0.0210. The molecule has 2 rings (SSSR count). The molecule has 1 aromatic carbocycles. The molecule has 4 nitrogen and oxygen atoms in total. The maximum atomic E-state index is 11.9. The van der Waals surface area contributed by atoms with Gasteiger partial charge < -0.3 is 15.7 Å². The highest BCUT2D eigenvalue weighted by molar-refractivity contribution is 5.82. The number of rotatable bonds is 4. The maximum absolute atomic E-state index is 11.9. The molecule has 1 fully saturated rings. The second-order valence-corrected chi connectivity index (χ2v) is 4.93. The third-order valence-electron chi connectivity index (χ3n) is 3.24. The molecule has 1 saturated heterocycles. The molecule has 1 amide bonds. The molecule has 0 spiro atoms. The Kier molecular flexibility index (Phi) is 4.20. The minimum atomic E-state index is -0.0210. The quantitative estimate of drug-likeness (QED) is 0.750. The number of nitrogens with one attached hydrogen (secondary N) is 2. The fraction of sp³-hybridized carbons (Fsp3) is 0.500. The van der Waals surface area contributed by atoms with Crippen LogP contribution in [-0.4, -0.2) is 29.6 Å². The van der Waals surface area contributed by atoms with Crippen LogP contribution in [0.15, 0.2) is 24.3 Å². The second kappa shape index (κ2) is 5.87. The first-order valence-electron chi connectivity index (χ1n) is 6.47. The molecule has 18 heavy (non-hydrogen) atoms. The van der Waals surface area contributed by atoms with Crippen molar-refractivity contribution in [1.82, 2.24) is 10.6 Å². The monoisotopic (exact) mass is 248 g/mol. The van der Waals surface area contributed by atoms with Gasteiger partial charge in [-0.2, -0.15) is 0 Å². The fourth-order valence-electron chi connectivity index (χ4n) is 2.29. The summed E-state index contributed by atoms with van der Waals surface area (Å²) in [5.74, 6) is 0.365. The lowest BCUT2D eigenvalue weighted by molar-refractivity contribution is -0.123. The van der Waals surface area contributed by atoms with Gasteiger partial charge in [0.25, 0.3) is 0 Å². The average molecular weight is 248 g/mol. The molecule has 1 aliphatic rings. The van der Waals surface area contributed by atoms with E-state index < -0.39 is 0 Å².